The van der Waals surface area contributed by atoms with E-state index in [1.807, 2.05) is 30.3 Å². The van der Waals surface area contributed by atoms with E-state index in [1.54, 1.807) is 29.8 Å². The number of fused-ring (bicyclic) bond motifs is 5. The van der Waals surface area contributed by atoms with Gasteiger partial charge in [-0.1, -0.05) is 176 Å². The zero-order chi connectivity index (χ0) is 44.7. The van der Waals surface area contributed by atoms with Gasteiger partial charge in [0.25, 0.3) is 0 Å². The number of rotatable bonds is 17. The quantitative estimate of drug-likeness (QED) is 0.0670. The summed E-state index contributed by atoms with van der Waals surface area (Å²) in [7, 11) is 1.70. The Morgan fingerprint density at radius 3 is 1.59 bits per heavy atom. The van der Waals surface area contributed by atoms with Crippen LogP contribution in [0.25, 0.3) is 77.0 Å². The van der Waals surface area contributed by atoms with E-state index >= 15 is 0 Å². The topological polar surface area (TPSA) is 61.3 Å². The largest absolute Gasteiger partial charge is 0.382 e. The molecule has 1 aliphatic carbocycles. The van der Waals surface area contributed by atoms with Gasteiger partial charge in [0, 0.05) is 42.4 Å². The zero-order valence-electron chi connectivity index (χ0n) is 36.7. The molecular formula is C58H48N2O3S3. The molecule has 2 heterocycles. The van der Waals surface area contributed by atoms with Crippen molar-refractivity contribution in [2.24, 2.45) is 0 Å². The maximum atomic E-state index is 13.8. The highest BCUT2D eigenvalue weighted by Crippen LogP contribution is 2.54. The number of aromatic nitrogens is 2. The molecule has 2 aromatic heterocycles. The maximum Gasteiger partial charge on any atom is 0.189 e. The number of benzene rings is 7. The molecule has 1 aliphatic rings. The molecule has 7 aromatic carbocycles. The Labute approximate surface area is 398 Å². The SMILES string of the molecule is COCCOCCC1(CCC(=O)SCc2ccccc2)c2cc(/C=C/c3ccc(-c4nc5ccccc5s4)cc3)ccc2-c2ccc(/C=C/c3ccc(-c4nc5ccccc5s4)cc3)cc21. The van der Waals surface area contributed by atoms with Crippen molar-refractivity contribution >= 4 is 84.3 Å². The molecule has 0 N–H and O–H groups in total. The Balaban J connectivity index is 0.954. The van der Waals surface area contributed by atoms with Gasteiger partial charge in [0.15, 0.2) is 5.12 Å². The molecule has 66 heavy (non-hydrogen) atoms. The molecule has 0 saturated heterocycles. The number of thiazole rings is 2. The van der Waals surface area contributed by atoms with E-state index in [1.165, 1.54) is 43.4 Å². The summed E-state index contributed by atoms with van der Waals surface area (Å²) in [6.45, 7) is 1.58. The molecule has 0 unspecified atom stereocenters. The van der Waals surface area contributed by atoms with E-state index in [9.17, 15) is 4.79 Å². The van der Waals surface area contributed by atoms with Crippen LogP contribution in [-0.2, 0) is 25.4 Å². The van der Waals surface area contributed by atoms with Crippen molar-refractivity contribution in [2.75, 3.05) is 26.9 Å². The van der Waals surface area contributed by atoms with Gasteiger partial charge < -0.3 is 9.47 Å². The Bertz CT molecular complexity index is 2940. The first-order valence-corrected chi connectivity index (χ1v) is 25.0. The van der Waals surface area contributed by atoms with E-state index in [0.29, 0.717) is 38.4 Å². The van der Waals surface area contributed by atoms with E-state index in [4.69, 9.17) is 19.4 Å². The van der Waals surface area contributed by atoms with Crippen molar-refractivity contribution in [3.8, 4) is 32.3 Å². The number of hydrogen-bond donors (Lipinski definition) is 0. The van der Waals surface area contributed by atoms with Crippen molar-refractivity contribution in [1.82, 2.24) is 9.97 Å². The number of carbonyl (C=O) groups excluding carboxylic acids is 1. The lowest BCUT2D eigenvalue weighted by Crippen LogP contribution is -2.28. The van der Waals surface area contributed by atoms with Gasteiger partial charge in [0.1, 0.15) is 10.0 Å². The van der Waals surface area contributed by atoms with E-state index < -0.39 is 5.41 Å². The summed E-state index contributed by atoms with van der Waals surface area (Å²) in [5.41, 5.74) is 14.4. The van der Waals surface area contributed by atoms with Crippen LogP contribution in [-0.4, -0.2) is 42.0 Å². The fraction of sp³-hybridized carbons (Fsp3) is 0.155. The molecule has 0 fully saturated rings. The zero-order valence-corrected chi connectivity index (χ0v) is 39.1. The van der Waals surface area contributed by atoms with Crippen molar-refractivity contribution in [1.29, 1.82) is 0 Å². The third-order valence-electron chi connectivity index (χ3n) is 12.4. The highest BCUT2D eigenvalue weighted by molar-refractivity contribution is 8.12. The van der Waals surface area contributed by atoms with Crippen molar-refractivity contribution in [2.45, 2.75) is 30.4 Å². The summed E-state index contributed by atoms with van der Waals surface area (Å²) >= 11 is 4.85. The minimum absolute atomic E-state index is 0.198. The summed E-state index contributed by atoms with van der Waals surface area (Å²) in [4.78, 5) is 23.5. The van der Waals surface area contributed by atoms with Gasteiger partial charge >= 0.3 is 0 Å². The Kier molecular flexibility index (Phi) is 13.3. The predicted molar refractivity (Wildman–Crippen MR) is 280 cm³/mol. The number of methoxy groups -OCH3 is 1. The minimum Gasteiger partial charge on any atom is -0.382 e. The summed E-state index contributed by atoms with van der Waals surface area (Å²) < 4.78 is 14.0. The monoisotopic (exact) mass is 916 g/mol. The fourth-order valence-electron chi connectivity index (χ4n) is 8.87. The molecule has 8 heteroatoms. The molecule has 0 radical (unpaired) electrons. The molecule has 0 saturated carbocycles. The van der Waals surface area contributed by atoms with Gasteiger partial charge in [-0.3, -0.25) is 4.79 Å². The van der Waals surface area contributed by atoms with Crippen LogP contribution in [0.1, 0.15) is 58.2 Å². The summed E-state index contributed by atoms with van der Waals surface area (Å²) in [5, 5.41) is 2.25. The number of hydrogen-bond acceptors (Lipinski definition) is 8. The smallest absolute Gasteiger partial charge is 0.189 e. The Hall–Kier alpha value is -6.26. The van der Waals surface area contributed by atoms with Crippen molar-refractivity contribution in [3.63, 3.8) is 0 Å². The van der Waals surface area contributed by atoms with Crippen LogP contribution in [0.4, 0.5) is 0 Å². The summed E-state index contributed by atoms with van der Waals surface area (Å²) in [5.74, 6) is 0.660. The van der Waals surface area contributed by atoms with Gasteiger partial charge in [-0.15, -0.1) is 22.7 Å². The van der Waals surface area contributed by atoms with Gasteiger partial charge in [-0.25, -0.2) is 9.97 Å². The Morgan fingerprint density at radius 2 is 1.06 bits per heavy atom. The van der Waals surface area contributed by atoms with Crippen LogP contribution in [0.3, 0.4) is 0 Å². The van der Waals surface area contributed by atoms with Crippen LogP contribution >= 0.6 is 34.4 Å². The van der Waals surface area contributed by atoms with Crippen LogP contribution < -0.4 is 0 Å². The summed E-state index contributed by atoms with van der Waals surface area (Å²) in [6.07, 6.45) is 10.6. The molecule has 9 aromatic rings. The highest BCUT2D eigenvalue weighted by Gasteiger charge is 2.43. The van der Waals surface area contributed by atoms with Crippen LogP contribution in [0.2, 0.25) is 0 Å². The summed E-state index contributed by atoms with van der Waals surface area (Å²) in [6, 6.07) is 57.7. The number of ether oxygens (including phenoxy) is 2. The third-order valence-corrected chi connectivity index (χ3v) is 15.5. The van der Waals surface area contributed by atoms with Crippen LogP contribution in [0.15, 0.2) is 164 Å². The number of carbonyl (C=O) groups is 1. The number of nitrogens with zero attached hydrogens (tertiary/aromatic N) is 2. The van der Waals surface area contributed by atoms with Crippen LogP contribution in [0.5, 0.6) is 0 Å². The number of thioether (sulfide) groups is 1. The predicted octanol–water partition coefficient (Wildman–Crippen LogP) is 15.1. The van der Waals surface area contributed by atoms with Crippen LogP contribution in [0, 0.1) is 0 Å². The number of para-hydroxylation sites is 2. The second-order valence-corrected chi connectivity index (χ2v) is 19.7. The lowest BCUT2D eigenvalue weighted by molar-refractivity contribution is -0.111. The fourth-order valence-corrected chi connectivity index (χ4v) is 11.6. The first-order valence-electron chi connectivity index (χ1n) is 22.4. The van der Waals surface area contributed by atoms with E-state index in [-0.39, 0.29) is 5.12 Å². The molecule has 0 atom stereocenters. The average molecular weight is 917 g/mol. The second-order valence-electron chi connectivity index (χ2n) is 16.6. The van der Waals surface area contributed by atoms with Gasteiger partial charge in [-0.05, 0) is 87.2 Å². The van der Waals surface area contributed by atoms with Gasteiger partial charge in [-0.2, -0.15) is 0 Å². The highest BCUT2D eigenvalue weighted by atomic mass is 32.2. The third kappa shape index (κ3) is 9.66. The van der Waals surface area contributed by atoms with E-state index in [0.717, 1.165) is 66.4 Å². The first kappa shape index (κ1) is 43.6. The van der Waals surface area contributed by atoms with Crippen molar-refractivity contribution in [3.05, 3.63) is 203 Å². The minimum atomic E-state index is -0.452. The second kappa shape index (κ2) is 20.1. The van der Waals surface area contributed by atoms with Gasteiger partial charge in [0.2, 0.25) is 0 Å². The molecule has 0 bridgehead atoms. The average Bonchev–Trinajstić information content (AvgIpc) is 4.08. The van der Waals surface area contributed by atoms with E-state index in [2.05, 4.69) is 158 Å². The maximum absolute atomic E-state index is 13.8. The lowest BCUT2D eigenvalue weighted by Gasteiger charge is -2.32. The molecule has 0 amide bonds. The standard InChI is InChI=1S/C58H48N2O3S3/c1-62-35-36-63-34-33-58(32-31-55(61)64-39-44-9-3-2-4-10-44)49-37-42(17-15-40-19-25-45(26-20-40)56-59-51-11-5-7-13-53(51)65-56)23-29-47(49)48-30-24-43(38-50(48)58)18-16-41-21-27-46(28-22-41)57-60-52-12-6-8-14-54(52)66-57/h2-30,37-38H,31-36,39H2,1H3/b17-15+,18-16+. The molecule has 0 spiro atoms. The molecule has 10 rings (SSSR count). The van der Waals surface area contributed by atoms with Gasteiger partial charge in [0.05, 0.1) is 33.6 Å². The normalized spacial score (nSPS) is 13.0. The first-order chi connectivity index (χ1) is 32.5. The molecule has 5 nitrogen and oxygen atoms in total. The Morgan fingerprint density at radius 1 is 0.561 bits per heavy atom. The lowest BCUT2D eigenvalue weighted by atomic mass is 9.71. The van der Waals surface area contributed by atoms with Crippen molar-refractivity contribution < 1.29 is 14.3 Å². The molecule has 326 valence electrons. The molecular weight excluding hydrogens is 869 g/mol. The molecule has 0 aliphatic heterocycles.